The highest BCUT2D eigenvalue weighted by atomic mass is 32.1. The van der Waals surface area contributed by atoms with E-state index in [4.69, 9.17) is 18.0 Å². The number of halogens is 1. The van der Waals surface area contributed by atoms with Gasteiger partial charge in [0.25, 0.3) is 0 Å². The fourth-order valence-corrected chi connectivity index (χ4v) is 3.76. The zero-order valence-corrected chi connectivity index (χ0v) is 16.9. The fourth-order valence-electron chi connectivity index (χ4n) is 3.53. The predicted molar refractivity (Wildman–Crippen MR) is 115 cm³/mol. The first-order valence-electron chi connectivity index (χ1n) is 9.57. The highest BCUT2D eigenvalue weighted by molar-refractivity contribution is 7.80. The summed E-state index contributed by atoms with van der Waals surface area (Å²) in [5, 5.41) is 2.62. The number of rotatable bonds is 2. The van der Waals surface area contributed by atoms with Crippen molar-refractivity contribution in [3.05, 3.63) is 35.2 Å². The molecule has 8 heteroatoms. The molecule has 1 aromatic rings. The first-order valence-corrected chi connectivity index (χ1v) is 9.98. The summed E-state index contributed by atoms with van der Waals surface area (Å²) in [6.07, 6.45) is 5.64. The van der Waals surface area contributed by atoms with Gasteiger partial charge in [-0.2, -0.15) is 0 Å². The molecule has 0 spiro atoms. The number of amides is 2. The maximum absolute atomic E-state index is 14.5. The van der Waals surface area contributed by atoms with Crippen LogP contribution >= 0.6 is 12.2 Å². The lowest BCUT2D eigenvalue weighted by Gasteiger charge is -2.28. The van der Waals surface area contributed by atoms with Gasteiger partial charge in [-0.1, -0.05) is 11.6 Å². The van der Waals surface area contributed by atoms with E-state index in [1.165, 1.54) is 12.8 Å². The van der Waals surface area contributed by atoms with Crippen molar-refractivity contribution < 1.29 is 9.18 Å². The number of carbonyl (C=O) groups excluding carboxylic acids is 1. The Labute approximate surface area is 170 Å². The number of nitrogens with two attached hydrogens (primary N) is 1. The zero-order valence-electron chi connectivity index (χ0n) is 16.1. The van der Waals surface area contributed by atoms with Crippen LogP contribution in [0.25, 0.3) is 6.08 Å². The van der Waals surface area contributed by atoms with Crippen LogP contribution < -0.4 is 16.0 Å². The Morgan fingerprint density at radius 2 is 1.93 bits per heavy atom. The molecule has 0 aliphatic carbocycles. The van der Waals surface area contributed by atoms with E-state index in [1.807, 2.05) is 18.2 Å². The maximum Gasteiger partial charge on any atom is 0.323 e. The second-order valence-electron chi connectivity index (χ2n) is 7.18. The van der Waals surface area contributed by atoms with Gasteiger partial charge in [0.1, 0.15) is 5.82 Å². The Morgan fingerprint density at radius 3 is 2.54 bits per heavy atom. The molecular weight excluding hydrogens is 377 g/mol. The molecule has 3 rings (SSSR count). The van der Waals surface area contributed by atoms with Crippen molar-refractivity contribution in [2.45, 2.75) is 32.6 Å². The zero-order chi connectivity index (χ0) is 20.1. The van der Waals surface area contributed by atoms with Crippen molar-refractivity contribution in [3.63, 3.8) is 0 Å². The first kappa shape index (κ1) is 20.3. The SMILES string of the molecule is C/C(N)=N/C(=S)NC(=O)N1CCC(=Cc2ccc(N3CCCC3)cc2F)CC1. The summed E-state index contributed by atoms with van der Waals surface area (Å²) in [5.74, 6) is 0.101. The molecule has 2 aliphatic rings. The lowest BCUT2D eigenvalue weighted by Crippen LogP contribution is -2.44. The fraction of sp³-hybridized carbons (Fsp3) is 0.450. The summed E-state index contributed by atoms with van der Waals surface area (Å²) in [4.78, 5) is 19.9. The molecule has 150 valence electrons. The summed E-state index contributed by atoms with van der Waals surface area (Å²) in [6, 6.07) is 5.18. The number of aliphatic imine (C=N–C) groups is 1. The van der Waals surface area contributed by atoms with Crippen molar-refractivity contribution in [2.24, 2.45) is 10.7 Å². The number of hydrogen-bond acceptors (Lipinski definition) is 3. The minimum Gasteiger partial charge on any atom is -0.387 e. The summed E-state index contributed by atoms with van der Waals surface area (Å²) in [5.41, 5.74) is 8.14. The number of nitrogens with one attached hydrogen (secondary N) is 1. The standard InChI is InChI=1S/C20H26FN5OS/c1-14(22)23-19(28)24-20(27)26-10-6-15(7-11-26)12-16-4-5-17(13-18(16)21)25-8-2-3-9-25/h4-5,12-13H,2-3,6-11H2,1H3,(H3,22,23,24,27,28). The Hall–Kier alpha value is -2.48. The molecule has 0 saturated carbocycles. The van der Waals surface area contributed by atoms with Gasteiger partial charge in [-0.3, -0.25) is 5.32 Å². The Balaban J connectivity index is 1.57. The second-order valence-corrected chi connectivity index (χ2v) is 7.56. The van der Waals surface area contributed by atoms with Crippen LogP contribution in [0, 0.1) is 5.82 Å². The van der Waals surface area contributed by atoms with Crippen LogP contribution in [-0.2, 0) is 0 Å². The number of hydrogen-bond donors (Lipinski definition) is 2. The second kappa shape index (κ2) is 9.14. The number of likely N-dealkylation sites (tertiary alicyclic amines) is 1. The van der Waals surface area contributed by atoms with E-state index in [-0.39, 0.29) is 17.0 Å². The van der Waals surface area contributed by atoms with Gasteiger partial charge in [-0.15, -0.1) is 0 Å². The number of anilines is 1. The normalized spacial score (nSPS) is 17.6. The van der Waals surface area contributed by atoms with Crippen LogP contribution in [0.15, 0.2) is 28.8 Å². The van der Waals surface area contributed by atoms with Gasteiger partial charge in [0.05, 0.1) is 5.84 Å². The maximum atomic E-state index is 14.5. The smallest absolute Gasteiger partial charge is 0.323 e. The number of carbonyl (C=O) groups is 1. The van der Waals surface area contributed by atoms with Crippen molar-refractivity contribution >= 4 is 41.0 Å². The van der Waals surface area contributed by atoms with Crippen LogP contribution in [-0.4, -0.2) is 48.1 Å². The van der Waals surface area contributed by atoms with Crippen molar-refractivity contribution in [3.8, 4) is 0 Å². The summed E-state index contributed by atoms with van der Waals surface area (Å²) in [7, 11) is 0. The van der Waals surface area contributed by atoms with E-state index < -0.39 is 0 Å². The molecule has 0 unspecified atom stereocenters. The molecule has 2 heterocycles. The number of thiocarbonyl (C=S) groups is 1. The molecule has 0 bridgehead atoms. The van der Waals surface area contributed by atoms with Gasteiger partial charge in [-0.25, -0.2) is 14.2 Å². The molecular formula is C20H26FN5OS. The van der Waals surface area contributed by atoms with Crippen molar-refractivity contribution in [2.75, 3.05) is 31.1 Å². The minimum absolute atomic E-state index is 0.0616. The molecule has 0 atom stereocenters. The summed E-state index contributed by atoms with van der Waals surface area (Å²) >= 11 is 4.97. The Morgan fingerprint density at radius 1 is 1.25 bits per heavy atom. The molecule has 2 saturated heterocycles. The van der Waals surface area contributed by atoms with Gasteiger partial charge < -0.3 is 15.5 Å². The highest BCUT2D eigenvalue weighted by Gasteiger charge is 2.20. The van der Waals surface area contributed by atoms with E-state index >= 15 is 0 Å². The highest BCUT2D eigenvalue weighted by Crippen LogP contribution is 2.26. The summed E-state index contributed by atoms with van der Waals surface area (Å²) in [6.45, 7) is 4.71. The van der Waals surface area contributed by atoms with Crippen molar-refractivity contribution in [1.82, 2.24) is 10.2 Å². The molecule has 6 nitrogen and oxygen atoms in total. The van der Waals surface area contributed by atoms with Gasteiger partial charge in [-0.05, 0) is 63.0 Å². The van der Waals surface area contributed by atoms with Crippen LogP contribution in [0.2, 0.25) is 0 Å². The molecule has 0 radical (unpaired) electrons. The third-order valence-electron chi connectivity index (χ3n) is 5.00. The Bertz CT molecular complexity index is 803. The van der Waals surface area contributed by atoms with Gasteiger partial charge in [0.15, 0.2) is 0 Å². The van der Waals surface area contributed by atoms with Gasteiger partial charge in [0, 0.05) is 37.4 Å². The molecule has 0 aromatic heterocycles. The monoisotopic (exact) mass is 403 g/mol. The van der Waals surface area contributed by atoms with Crippen LogP contribution in [0.1, 0.15) is 38.2 Å². The number of nitrogens with zero attached hydrogens (tertiary/aromatic N) is 3. The van der Waals surface area contributed by atoms with E-state index in [0.717, 1.165) is 24.4 Å². The molecule has 2 fully saturated rings. The lowest BCUT2D eigenvalue weighted by atomic mass is 10.0. The van der Waals surface area contributed by atoms with Crippen LogP contribution in [0.5, 0.6) is 0 Å². The Kier molecular flexibility index (Phi) is 6.61. The van der Waals surface area contributed by atoms with Gasteiger partial charge in [0.2, 0.25) is 5.11 Å². The molecule has 2 aliphatic heterocycles. The molecule has 1 aromatic carbocycles. The lowest BCUT2D eigenvalue weighted by molar-refractivity contribution is 0.199. The van der Waals surface area contributed by atoms with Crippen LogP contribution in [0.3, 0.4) is 0 Å². The topological polar surface area (TPSA) is 74.0 Å². The number of benzene rings is 1. The first-order chi connectivity index (χ1) is 13.4. The predicted octanol–water partition coefficient (Wildman–Crippen LogP) is 3.28. The minimum atomic E-state index is -0.282. The third-order valence-corrected chi connectivity index (χ3v) is 5.19. The van der Waals surface area contributed by atoms with E-state index in [9.17, 15) is 9.18 Å². The largest absolute Gasteiger partial charge is 0.387 e. The van der Waals surface area contributed by atoms with E-state index in [1.54, 1.807) is 17.9 Å². The van der Waals surface area contributed by atoms with Crippen LogP contribution in [0.4, 0.5) is 14.9 Å². The number of amidine groups is 1. The molecule has 2 amide bonds. The number of piperidine rings is 1. The quantitative estimate of drug-likeness (QED) is 0.452. The summed E-state index contributed by atoms with van der Waals surface area (Å²) < 4.78 is 14.5. The average Bonchev–Trinajstić information content (AvgIpc) is 3.18. The van der Waals surface area contributed by atoms with E-state index in [2.05, 4.69) is 15.2 Å². The van der Waals surface area contributed by atoms with Gasteiger partial charge >= 0.3 is 6.03 Å². The third kappa shape index (κ3) is 5.28. The number of urea groups is 1. The van der Waals surface area contributed by atoms with Crippen molar-refractivity contribution in [1.29, 1.82) is 0 Å². The molecule has 28 heavy (non-hydrogen) atoms. The average molecular weight is 404 g/mol. The molecule has 3 N–H and O–H groups in total. The van der Waals surface area contributed by atoms with E-state index in [0.29, 0.717) is 37.3 Å².